The first-order valence-electron chi connectivity index (χ1n) is 5.16. The number of esters is 2. The van der Waals surface area contributed by atoms with E-state index < -0.39 is 23.4 Å². The Morgan fingerprint density at radius 1 is 1.21 bits per heavy atom. The molecule has 0 spiro atoms. The molecule has 0 aliphatic rings. The molecule has 0 amide bonds. The summed E-state index contributed by atoms with van der Waals surface area (Å²) in [6, 6.07) is 3.42. The fourth-order valence-electron chi connectivity index (χ4n) is 1.54. The second kappa shape index (κ2) is 5.15. The number of ether oxygens (including phenoxy) is 2. The summed E-state index contributed by atoms with van der Waals surface area (Å²) in [5.41, 5.74) is 0.127. The van der Waals surface area contributed by atoms with E-state index in [0.29, 0.717) is 4.88 Å². The van der Waals surface area contributed by atoms with E-state index in [4.69, 9.17) is 4.42 Å². The minimum atomic E-state index is -0.870. The van der Waals surface area contributed by atoms with Crippen LogP contribution in [0.25, 0.3) is 10.4 Å². The highest BCUT2D eigenvalue weighted by molar-refractivity contribution is 7.13. The average Bonchev–Trinajstić information content (AvgIpc) is 3.04. The van der Waals surface area contributed by atoms with Gasteiger partial charge < -0.3 is 19.0 Å². The van der Waals surface area contributed by atoms with Crippen LogP contribution >= 0.6 is 11.3 Å². The van der Waals surface area contributed by atoms with Gasteiger partial charge in [-0.2, -0.15) is 0 Å². The molecular formula is C12H10O6S. The highest BCUT2D eigenvalue weighted by Crippen LogP contribution is 2.40. The van der Waals surface area contributed by atoms with Gasteiger partial charge in [0.25, 0.3) is 5.76 Å². The molecule has 2 aromatic heterocycles. The minimum Gasteiger partial charge on any atom is -0.504 e. The summed E-state index contributed by atoms with van der Waals surface area (Å²) in [7, 11) is 2.32. The van der Waals surface area contributed by atoms with Crippen molar-refractivity contribution < 1.29 is 28.6 Å². The summed E-state index contributed by atoms with van der Waals surface area (Å²) in [5.74, 6) is -2.75. The molecular weight excluding hydrogens is 272 g/mol. The fraction of sp³-hybridized carbons (Fsp3) is 0.167. The first kappa shape index (κ1) is 13.2. The zero-order chi connectivity index (χ0) is 14.0. The van der Waals surface area contributed by atoms with Gasteiger partial charge in [0.2, 0.25) is 5.76 Å². The Morgan fingerprint density at radius 2 is 1.84 bits per heavy atom. The SMILES string of the molecule is COC(=O)c1oc(C(=O)OC)c(-c2cccs2)c1O. The van der Waals surface area contributed by atoms with Gasteiger partial charge in [-0.25, -0.2) is 9.59 Å². The van der Waals surface area contributed by atoms with E-state index in [1.165, 1.54) is 18.4 Å². The van der Waals surface area contributed by atoms with Crippen LogP contribution in [-0.4, -0.2) is 31.3 Å². The summed E-state index contributed by atoms with van der Waals surface area (Å²) in [5, 5.41) is 11.8. The first-order valence-corrected chi connectivity index (χ1v) is 6.04. The zero-order valence-corrected chi connectivity index (χ0v) is 10.9. The van der Waals surface area contributed by atoms with Gasteiger partial charge in [0.15, 0.2) is 5.75 Å². The molecule has 2 heterocycles. The Bertz CT molecular complexity index is 610. The molecule has 2 aromatic rings. The van der Waals surface area contributed by atoms with Crippen LogP contribution in [0.4, 0.5) is 0 Å². The van der Waals surface area contributed by atoms with Crippen molar-refractivity contribution in [1.29, 1.82) is 0 Å². The maximum Gasteiger partial charge on any atom is 0.377 e. The summed E-state index contributed by atoms with van der Waals surface area (Å²) in [6.07, 6.45) is 0. The van der Waals surface area contributed by atoms with Crippen LogP contribution in [0.2, 0.25) is 0 Å². The maximum absolute atomic E-state index is 11.6. The summed E-state index contributed by atoms with van der Waals surface area (Å²) in [6.45, 7) is 0. The molecule has 2 rings (SSSR count). The van der Waals surface area contributed by atoms with Gasteiger partial charge in [0, 0.05) is 4.88 Å². The van der Waals surface area contributed by atoms with Gasteiger partial charge in [0.1, 0.15) is 0 Å². The molecule has 19 heavy (non-hydrogen) atoms. The van der Waals surface area contributed by atoms with Gasteiger partial charge in [-0.05, 0) is 11.4 Å². The number of thiophene rings is 1. The van der Waals surface area contributed by atoms with Gasteiger partial charge in [0.05, 0.1) is 19.8 Å². The average molecular weight is 282 g/mol. The zero-order valence-electron chi connectivity index (χ0n) is 10.1. The standard InChI is InChI=1S/C12H10O6S/c1-16-11(14)9-7(6-4-3-5-19-6)8(13)10(18-9)12(15)17-2/h3-5,13H,1-2H3. The highest BCUT2D eigenvalue weighted by atomic mass is 32.1. The van der Waals surface area contributed by atoms with Crippen molar-refractivity contribution >= 4 is 23.3 Å². The van der Waals surface area contributed by atoms with Crippen molar-refractivity contribution in [3.05, 3.63) is 29.0 Å². The Kier molecular flexibility index (Phi) is 3.57. The topological polar surface area (TPSA) is 86.0 Å². The Hall–Kier alpha value is -2.28. The fourth-order valence-corrected chi connectivity index (χ4v) is 2.31. The second-order valence-electron chi connectivity index (χ2n) is 3.44. The molecule has 0 saturated carbocycles. The quantitative estimate of drug-likeness (QED) is 0.869. The number of hydrogen-bond donors (Lipinski definition) is 1. The second-order valence-corrected chi connectivity index (χ2v) is 4.39. The van der Waals surface area contributed by atoms with Crippen LogP contribution in [0.3, 0.4) is 0 Å². The van der Waals surface area contributed by atoms with Crippen molar-refractivity contribution in [3.63, 3.8) is 0 Å². The van der Waals surface area contributed by atoms with Crippen LogP contribution in [0.1, 0.15) is 21.1 Å². The molecule has 0 radical (unpaired) electrons. The number of carbonyl (C=O) groups is 2. The molecule has 7 heteroatoms. The largest absolute Gasteiger partial charge is 0.504 e. The lowest BCUT2D eigenvalue weighted by Gasteiger charge is -1.98. The van der Waals surface area contributed by atoms with Gasteiger partial charge in [-0.15, -0.1) is 11.3 Å². The van der Waals surface area contributed by atoms with E-state index in [1.54, 1.807) is 17.5 Å². The minimum absolute atomic E-state index is 0.127. The van der Waals surface area contributed by atoms with Crippen molar-refractivity contribution in [2.45, 2.75) is 0 Å². The van der Waals surface area contributed by atoms with Crippen LogP contribution < -0.4 is 0 Å². The predicted octanol–water partition coefficient (Wildman–Crippen LogP) is 2.29. The third-order valence-corrected chi connectivity index (χ3v) is 3.28. The third-order valence-electron chi connectivity index (χ3n) is 2.39. The van der Waals surface area contributed by atoms with Crippen LogP contribution in [0.5, 0.6) is 5.75 Å². The molecule has 0 unspecified atom stereocenters. The number of aromatic hydroxyl groups is 1. The molecule has 0 aliphatic heterocycles. The highest BCUT2D eigenvalue weighted by Gasteiger charge is 2.30. The van der Waals surface area contributed by atoms with Gasteiger partial charge in [-0.3, -0.25) is 0 Å². The molecule has 0 aromatic carbocycles. The van der Waals surface area contributed by atoms with Crippen LogP contribution in [0.15, 0.2) is 21.9 Å². The molecule has 0 bridgehead atoms. The van der Waals surface area contributed by atoms with Gasteiger partial charge >= 0.3 is 11.9 Å². The lowest BCUT2D eigenvalue weighted by molar-refractivity contribution is 0.0529. The summed E-state index contributed by atoms with van der Waals surface area (Å²) >= 11 is 1.29. The van der Waals surface area contributed by atoms with Crippen molar-refractivity contribution in [3.8, 4) is 16.2 Å². The van der Waals surface area contributed by atoms with E-state index in [1.807, 2.05) is 0 Å². The maximum atomic E-state index is 11.6. The number of rotatable bonds is 3. The Balaban J connectivity index is 2.65. The van der Waals surface area contributed by atoms with E-state index in [2.05, 4.69) is 9.47 Å². The van der Waals surface area contributed by atoms with Crippen molar-refractivity contribution in [2.24, 2.45) is 0 Å². The molecule has 0 saturated heterocycles. The normalized spacial score (nSPS) is 10.2. The monoisotopic (exact) mass is 282 g/mol. The summed E-state index contributed by atoms with van der Waals surface area (Å²) < 4.78 is 14.1. The van der Waals surface area contributed by atoms with Crippen molar-refractivity contribution in [2.75, 3.05) is 14.2 Å². The molecule has 6 nitrogen and oxygen atoms in total. The van der Waals surface area contributed by atoms with Crippen LogP contribution in [-0.2, 0) is 9.47 Å². The van der Waals surface area contributed by atoms with E-state index >= 15 is 0 Å². The molecule has 0 fully saturated rings. The number of furan rings is 1. The third kappa shape index (κ3) is 2.19. The Labute approximate surface area is 112 Å². The van der Waals surface area contributed by atoms with E-state index in [0.717, 1.165) is 7.11 Å². The van der Waals surface area contributed by atoms with E-state index in [-0.39, 0.29) is 11.3 Å². The number of hydrogen-bond acceptors (Lipinski definition) is 7. The predicted molar refractivity (Wildman–Crippen MR) is 66.4 cm³/mol. The lowest BCUT2D eigenvalue weighted by atomic mass is 10.2. The number of methoxy groups -OCH3 is 2. The van der Waals surface area contributed by atoms with Gasteiger partial charge in [-0.1, -0.05) is 6.07 Å². The molecule has 100 valence electrons. The van der Waals surface area contributed by atoms with E-state index in [9.17, 15) is 14.7 Å². The smallest absolute Gasteiger partial charge is 0.377 e. The molecule has 0 aliphatic carbocycles. The van der Waals surface area contributed by atoms with Crippen molar-refractivity contribution in [1.82, 2.24) is 0 Å². The summed E-state index contributed by atoms with van der Waals surface area (Å²) in [4.78, 5) is 23.7. The Morgan fingerprint density at radius 3 is 2.37 bits per heavy atom. The first-order chi connectivity index (χ1) is 9.10. The molecule has 1 N–H and O–H groups in total. The number of carbonyl (C=O) groups excluding carboxylic acids is 2. The van der Waals surface area contributed by atoms with Crippen LogP contribution in [0, 0.1) is 0 Å². The molecule has 0 atom stereocenters. The lowest BCUT2D eigenvalue weighted by Crippen LogP contribution is -2.01.